The van der Waals surface area contributed by atoms with Gasteiger partial charge < -0.3 is 4.74 Å². The summed E-state index contributed by atoms with van der Waals surface area (Å²) < 4.78 is 5.68. The second-order valence-electron chi connectivity index (χ2n) is 6.11. The molecule has 2 aliphatic rings. The van der Waals surface area contributed by atoms with Gasteiger partial charge in [0.2, 0.25) is 0 Å². The number of carbonyl (C=O) groups excluding carboxylic acids is 3. The van der Waals surface area contributed by atoms with Crippen LogP contribution in [0.2, 0.25) is 0 Å². The molecule has 4 rings (SSSR count). The van der Waals surface area contributed by atoms with E-state index in [4.69, 9.17) is 9.57 Å². The molecule has 2 aromatic rings. The summed E-state index contributed by atoms with van der Waals surface area (Å²) >= 11 is 0.877. The Hall–Kier alpha value is -3.10. The molecule has 28 heavy (non-hydrogen) atoms. The zero-order valence-corrected chi connectivity index (χ0v) is 15.5. The highest BCUT2D eigenvalue weighted by Crippen LogP contribution is 2.26. The van der Waals surface area contributed by atoms with Crippen molar-refractivity contribution in [1.82, 2.24) is 10.4 Å². The molecule has 0 bridgehead atoms. The lowest BCUT2D eigenvalue weighted by Gasteiger charge is -2.27. The fraction of sp³-hybridized carbons (Fsp3) is 0.150. The van der Waals surface area contributed by atoms with Gasteiger partial charge in [-0.15, -0.1) is 0 Å². The predicted octanol–water partition coefficient (Wildman–Crippen LogP) is 2.98. The van der Waals surface area contributed by atoms with E-state index >= 15 is 0 Å². The topological polar surface area (TPSA) is 84.9 Å². The summed E-state index contributed by atoms with van der Waals surface area (Å²) in [6.07, 6.45) is 1.65. The number of carbonyl (C=O) groups is 3. The van der Waals surface area contributed by atoms with Gasteiger partial charge >= 0.3 is 0 Å². The molecule has 2 heterocycles. The Labute approximate surface area is 165 Å². The van der Waals surface area contributed by atoms with Crippen molar-refractivity contribution in [3.8, 4) is 5.75 Å². The molecule has 0 aromatic heterocycles. The van der Waals surface area contributed by atoms with Gasteiger partial charge in [-0.25, -0.2) is 5.06 Å². The fourth-order valence-corrected chi connectivity index (χ4v) is 3.52. The number of amides is 3. The van der Waals surface area contributed by atoms with Crippen molar-refractivity contribution in [2.24, 2.45) is 0 Å². The lowest BCUT2D eigenvalue weighted by atomic mass is 10.1. The molecule has 0 radical (unpaired) electrons. The molecule has 2 aromatic carbocycles. The Bertz CT molecular complexity index is 971. The summed E-state index contributed by atoms with van der Waals surface area (Å²) in [7, 11) is 0. The second kappa shape index (κ2) is 7.87. The molecular weight excluding hydrogens is 380 g/mol. The van der Waals surface area contributed by atoms with E-state index in [9.17, 15) is 14.4 Å². The van der Waals surface area contributed by atoms with E-state index in [2.05, 4.69) is 5.32 Å². The monoisotopic (exact) mass is 396 g/mol. The summed E-state index contributed by atoms with van der Waals surface area (Å²) in [5.74, 6) is 0.0732. The molecule has 2 aliphatic heterocycles. The van der Waals surface area contributed by atoms with E-state index in [-0.39, 0.29) is 23.7 Å². The van der Waals surface area contributed by atoms with Gasteiger partial charge in [-0.3, -0.25) is 24.5 Å². The maximum absolute atomic E-state index is 12.4. The van der Waals surface area contributed by atoms with Crippen LogP contribution in [0.4, 0.5) is 4.79 Å². The third kappa shape index (κ3) is 3.92. The van der Waals surface area contributed by atoms with Crippen LogP contribution in [0.3, 0.4) is 0 Å². The Morgan fingerprint density at radius 3 is 2.64 bits per heavy atom. The SMILES string of the molecule is O=C1NC(=O)C(=Cc2ccc(OCCN3OCc4ccccc4C3=O)cc2)S1. The normalized spacial score (nSPS) is 17.6. The average molecular weight is 396 g/mol. The van der Waals surface area contributed by atoms with Crippen LogP contribution in [0.5, 0.6) is 5.75 Å². The number of hydrogen-bond donors (Lipinski definition) is 1. The number of imide groups is 1. The third-order valence-corrected chi connectivity index (χ3v) is 5.04. The summed E-state index contributed by atoms with van der Waals surface area (Å²) in [5, 5.41) is 3.16. The molecule has 1 N–H and O–H groups in total. The predicted molar refractivity (Wildman–Crippen MR) is 103 cm³/mol. The van der Waals surface area contributed by atoms with Gasteiger partial charge in [-0.2, -0.15) is 0 Å². The largest absolute Gasteiger partial charge is 0.492 e. The van der Waals surface area contributed by atoms with Crippen LogP contribution in [-0.2, 0) is 16.2 Å². The highest BCUT2D eigenvalue weighted by Gasteiger charge is 2.25. The molecule has 0 saturated carbocycles. The lowest BCUT2D eigenvalue weighted by molar-refractivity contribution is -0.143. The molecule has 0 aliphatic carbocycles. The number of fused-ring (bicyclic) bond motifs is 1. The minimum atomic E-state index is -0.386. The zero-order valence-electron chi connectivity index (χ0n) is 14.7. The Balaban J connectivity index is 1.31. The van der Waals surface area contributed by atoms with Crippen LogP contribution in [-0.4, -0.2) is 35.3 Å². The molecule has 1 saturated heterocycles. The van der Waals surface area contributed by atoms with E-state index in [1.54, 1.807) is 36.4 Å². The van der Waals surface area contributed by atoms with Gasteiger partial charge in [0, 0.05) is 5.56 Å². The smallest absolute Gasteiger partial charge is 0.290 e. The third-order valence-electron chi connectivity index (χ3n) is 4.23. The number of nitrogens with one attached hydrogen (secondary N) is 1. The maximum atomic E-state index is 12.4. The van der Waals surface area contributed by atoms with Crippen molar-refractivity contribution in [2.75, 3.05) is 13.2 Å². The van der Waals surface area contributed by atoms with Gasteiger partial charge in [-0.1, -0.05) is 30.3 Å². The maximum Gasteiger partial charge on any atom is 0.290 e. The minimum absolute atomic E-state index is 0.172. The average Bonchev–Trinajstić information content (AvgIpc) is 3.02. The van der Waals surface area contributed by atoms with E-state index in [1.165, 1.54) is 5.06 Å². The quantitative estimate of drug-likeness (QED) is 0.782. The number of nitrogens with zero attached hydrogens (tertiary/aromatic N) is 1. The number of hydroxylamine groups is 2. The molecule has 8 heteroatoms. The summed E-state index contributed by atoms with van der Waals surface area (Å²) in [6.45, 7) is 0.943. The molecule has 142 valence electrons. The van der Waals surface area contributed by atoms with Crippen LogP contribution < -0.4 is 10.1 Å². The van der Waals surface area contributed by atoms with Crippen LogP contribution in [0.15, 0.2) is 53.4 Å². The van der Waals surface area contributed by atoms with Crippen molar-refractivity contribution in [3.63, 3.8) is 0 Å². The standard InChI is InChI=1S/C20H16N2O5S/c23-18-17(28-20(25)21-18)11-13-5-7-15(8-6-13)26-10-9-22-19(24)16-4-2-1-3-14(16)12-27-22/h1-8,11H,9-10,12H2,(H,21,23,25). The highest BCUT2D eigenvalue weighted by atomic mass is 32.2. The second-order valence-corrected chi connectivity index (χ2v) is 7.12. The number of benzene rings is 2. The van der Waals surface area contributed by atoms with Crippen molar-refractivity contribution in [2.45, 2.75) is 6.61 Å². The number of hydrogen-bond acceptors (Lipinski definition) is 6. The highest BCUT2D eigenvalue weighted by molar-refractivity contribution is 8.18. The van der Waals surface area contributed by atoms with Gasteiger partial charge in [0.05, 0.1) is 11.4 Å². The molecular formula is C20H16N2O5S. The first-order valence-corrected chi connectivity index (χ1v) is 9.42. The first kappa shape index (κ1) is 18.3. The Kier molecular flexibility index (Phi) is 5.14. The first-order valence-electron chi connectivity index (χ1n) is 8.60. The summed E-state index contributed by atoms with van der Waals surface area (Å²) in [5.41, 5.74) is 2.31. The summed E-state index contributed by atoms with van der Waals surface area (Å²) in [6, 6.07) is 14.5. The van der Waals surface area contributed by atoms with E-state index in [1.807, 2.05) is 18.2 Å². The number of thioether (sulfide) groups is 1. The van der Waals surface area contributed by atoms with Crippen molar-refractivity contribution in [1.29, 1.82) is 0 Å². The van der Waals surface area contributed by atoms with Crippen molar-refractivity contribution >= 4 is 34.9 Å². The number of rotatable bonds is 5. The number of ether oxygens (including phenoxy) is 1. The molecule has 7 nitrogen and oxygen atoms in total. The summed E-state index contributed by atoms with van der Waals surface area (Å²) in [4.78, 5) is 41.0. The van der Waals surface area contributed by atoms with E-state index in [0.29, 0.717) is 29.4 Å². The Morgan fingerprint density at radius 2 is 1.89 bits per heavy atom. The molecule has 0 atom stereocenters. The van der Waals surface area contributed by atoms with Gasteiger partial charge in [0.1, 0.15) is 19.0 Å². The van der Waals surface area contributed by atoms with Gasteiger partial charge in [-0.05, 0) is 47.2 Å². The van der Waals surface area contributed by atoms with E-state index in [0.717, 1.165) is 22.9 Å². The first-order chi connectivity index (χ1) is 13.6. The molecule has 0 unspecified atom stereocenters. The van der Waals surface area contributed by atoms with E-state index < -0.39 is 0 Å². The van der Waals surface area contributed by atoms with Gasteiger partial charge in [0.25, 0.3) is 17.1 Å². The molecule has 1 fully saturated rings. The van der Waals surface area contributed by atoms with Gasteiger partial charge in [0.15, 0.2) is 0 Å². The van der Waals surface area contributed by atoms with Crippen LogP contribution in [0.25, 0.3) is 6.08 Å². The fourth-order valence-electron chi connectivity index (χ4n) is 2.84. The van der Waals surface area contributed by atoms with Crippen LogP contribution in [0, 0.1) is 0 Å². The van der Waals surface area contributed by atoms with Crippen molar-refractivity contribution in [3.05, 3.63) is 70.1 Å². The van der Waals surface area contributed by atoms with Crippen molar-refractivity contribution < 1.29 is 24.0 Å². The zero-order chi connectivity index (χ0) is 19.5. The minimum Gasteiger partial charge on any atom is -0.492 e. The lowest BCUT2D eigenvalue weighted by Crippen LogP contribution is -2.38. The molecule has 3 amide bonds. The molecule has 0 spiro atoms. The Morgan fingerprint density at radius 1 is 1.11 bits per heavy atom. The van der Waals surface area contributed by atoms with Crippen LogP contribution >= 0.6 is 11.8 Å². The van der Waals surface area contributed by atoms with Crippen LogP contribution in [0.1, 0.15) is 21.5 Å².